The Morgan fingerprint density at radius 2 is 2.00 bits per heavy atom. The summed E-state index contributed by atoms with van der Waals surface area (Å²) in [6.45, 7) is 7.26. The van der Waals surface area contributed by atoms with Crippen molar-refractivity contribution >= 4 is 0 Å². The highest BCUT2D eigenvalue weighted by Gasteiger charge is 2.13. The maximum Gasteiger partial charge on any atom is 0.146 e. The molecule has 1 saturated heterocycles. The Bertz CT molecular complexity index is 300. The SMILES string of the molecule is Cc1nnc(CN2CCNCC2)n1C. The van der Waals surface area contributed by atoms with Gasteiger partial charge in [-0.05, 0) is 6.92 Å². The van der Waals surface area contributed by atoms with E-state index in [1.54, 1.807) is 0 Å². The molecule has 2 rings (SSSR count). The molecule has 0 saturated carbocycles. The molecule has 1 fully saturated rings. The largest absolute Gasteiger partial charge is 0.317 e. The second kappa shape index (κ2) is 4.06. The number of hydrogen-bond donors (Lipinski definition) is 1. The predicted octanol–water partition coefficient (Wildman–Crippen LogP) is -0.471. The highest BCUT2D eigenvalue weighted by atomic mass is 15.3. The third kappa shape index (κ3) is 1.93. The average molecular weight is 195 g/mol. The molecule has 1 aromatic heterocycles. The lowest BCUT2D eigenvalue weighted by Crippen LogP contribution is -2.43. The molecule has 5 nitrogen and oxygen atoms in total. The number of piperazine rings is 1. The molecule has 5 heteroatoms. The van der Waals surface area contributed by atoms with Crippen LogP contribution in [0.3, 0.4) is 0 Å². The number of nitrogens with one attached hydrogen (secondary N) is 1. The van der Waals surface area contributed by atoms with Gasteiger partial charge in [-0.25, -0.2) is 0 Å². The Labute approximate surface area is 84.1 Å². The maximum absolute atomic E-state index is 4.16. The molecule has 1 N–H and O–H groups in total. The second-order valence-electron chi connectivity index (χ2n) is 3.75. The first kappa shape index (κ1) is 9.61. The number of hydrogen-bond acceptors (Lipinski definition) is 4. The number of nitrogens with zero attached hydrogens (tertiary/aromatic N) is 4. The van der Waals surface area contributed by atoms with Crippen LogP contribution >= 0.6 is 0 Å². The van der Waals surface area contributed by atoms with E-state index in [0.717, 1.165) is 44.4 Å². The van der Waals surface area contributed by atoms with Gasteiger partial charge in [0.2, 0.25) is 0 Å². The van der Waals surface area contributed by atoms with E-state index in [-0.39, 0.29) is 0 Å². The van der Waals surface area contributed by atoms with Crippen LogP contribution in [0, 0.1) is 6.92 Å². The first-order valence-corrected chi connectivity index (χ1v) is 5.05. The molecule has 78 valence electrons. The molecule has 0 amide bonds. The monoisotopic (exact) mass is 195 g/mol. The molecule has 0 atom stereocenters. The van der Waals surface area contributed by atoms with Gasteiger partial charge in [0.25, 0.3) is 0 Å². The summed E-state index contributed by atoms with van der Waals surface area (Å²) in [6.07, 6.45) is 0. The lowest BCUT2D eigenvalue weighted by atomic mass is 10.3. The molecule has 0 bridgehead atoms. The van der Waals surface area contributed by atoms with Crippen LogP contribution in [0.5, 0.6) is 0 Å². The van der Waals surface area contributed by atoms with Crippen LogP contribution in [0.15, 0.2) is 0 Å². The second-order valence-corrected chi connectivity index (χ2v) is 3.75. The third-order valence-electron chi connectivity index (χ3n) is 2.76. The number of rotatable bonds is 2. The Balaban J connectivity index is 1.99. The van der Waals surface area contributed by atoms with Crippen molar-refractivity contribution in [2.75, 3.05) is 26.2 Å². The van der Waals surface area contributed by atoms with Crippen LogP contribution in [0.25, 0.3) is 0 Å². The highest BCUT2D eigenvalue weighted by Crippen LogP contribution is 2.03. The van der Waals surface area contributed by atoms with Crippen molar-refractivity contribution in [1.29, 1.82) is 0 Å². The van der Waals surface area contributed by atoms with Gasteiger partial charge < -0.3 is 9.88 Å². The molecular formula is C9H17N5. The van der Waals surface area contributed by atoms with E-state index in [1.807, 2.05) is 14.0 Å². The van der Waals surface area contributed by atoms with Crippen molar-refractivity contribution in [2.45, 2.75) is 13.5 Å². The van der Waals surface area contributed by atoms with Crippen molar-refractivity contribution in [3.63, 3.8) is 0 Å². The Hall–Kier alpha value is -0.940. The zero-order chi connectivity index (χ0) is 9.97. The lowest BCUT2D eigenvalue weighted by Gasteiger charge is -2.26. The zero-order valence-electron chi connectivity index (χ0n) is 8.82. The van der Waals surface area contributed by atoms with Crippen molar-refractivity contribution in [2.24, 2.45) is 7.05 Å². The van der Waals surface area contributed by atoms with Crippen molar-refractivity contribution in [3.05, 3.63) is 11.6 Å². The Morgan fingerprint density at radius 3 is 2.57 bits per heavy atom. The summed E-state index contributed by atoms with van der Waals surface area (Å²) in [6, 6.07) is 0. The van der Waals surface area contributed by atoms with E-state index in [1.165, 1.54) is 0 Å². The van der Waals surface area contributed by atoms with E-state index >= 15 is 0 Å². The molecule has 0 unspecified atom stereocenters. The minimum atomic E-state index is 0.916. The average Bonchev–Trinajstić information content (AvgIpc) is 2.52. The molecule has 2 heterocycles. The van der Waals surface area contributed by atoms with Gasteiger partial charge in [0, 0.05) is 33.2 Å². The summed E-state index contributed by atoms with van der Waals surface area (Å²) < 4.78 is 2.06. The fraction of sp³-hybridized carbons (Fsp3) is 0.778. The highest BCUT2D eigenvalue weighted by molar-refractivity contribution is 4.92. The van der Waals surface area contributed by atoms with Gasteiger partial charge >= 0.3 is 0 Å². The van der Waals surface area contributed by atoms with Gasteiger partial charge in [-0.3, -0.25) is 4.90 Å². The zero-order valence-corrected chi connectivity index (χ0v) is 8.82. The van der Waals surface area contributed by atoms with Gasteiger partial charge in [-0.2, -0.15) is 0 Å². The number of aryl methyl sites for hydroxylation is 1. The van der Waals surface area contributed by atoms with Crippen molar-refractivity contribution in [1.82, 2.24) is 25.0 Å². The van der Waals surface area contributed by atoms with E-state index < -0.39 is 0 Å². The normalized spacial score (nSPS) is 18.7. The molecule has 1 aliphatic heterocycles. The summed E-state index contributed by atoms with van der Waals surface area (Å²) in [5.41, 5.74) is 0. The van der Waals surface area contributed by atoms with Crippen LogP contribution in [0.2, 0.25) is 0 Å². The van der Waals surface area contributed by atoms with Crippen LogP contribution in [0.4, 0.5) is 0 Å². The van der Waals surface area contributed by atoms with E-state index in [4.69, 9.17) is 0 Å². The quantitative estimate of drug-likeness (QED) is 0.693. The summed E-state index contributed by atoms with van der Waals surface area (Å²) in [5.74, 6) is 2.04. The Kier molecular flexibility index (Phi) is 2.79. The first-order valence-electron chi connectivity index (χ1n) is 5.05. The molecule has 14 heavy (non-hydrogen) atoms. The molecule has 1 aliphatic rings. The molecule has 1 aromatic rings. The van der Waals surface area contributed by atoms with Gasteiger partial charge in [-0.1, -0.05) is 0 Å². The minimum absolute atomic E-state index is 0.916. The van der Waals surface area contributed by atoms with E-state index in [2.05, 4.69) is 25.0 Å². The van der Waals surface area contributed by atoms with Gasteiger partial charge in [-0.15, -0.1) is 10.2 Å². The molecule has 0 spiro atoms. The van der Waals surface area contributed by atoms with Crippen LogP contribution in [-0.4, -0.2) is 45.8 Å². The van der Waals surface area contributed by atoms with Crippen LogP contribution < -0.4 is 5.32 Å². The fourth-order valence-corrected chi connectivity index (χ4v) is 1.66. The maximum atomic E-state index is 4.16. The molecule has 0 radical (unpaired) electrons. The van der Waals surface area contributed by atoms with E-state index in [0.29, 0.717) is 0 Å². The topological polar surface area (TPSA) is 46.0 Å². The lowest BCUT2D eigenvalue weighted by molar-refractivity contribution is 0.225. The van der Waals surface area contributed by atoms with E-state index in [9.17, 15) is 0 Å². The third-order valence-corrected chi connectivity index (χ3v) is 2.76. The summed E-state index contributed by atoms with van der Waals surface area (Å²) in [7, 11) is 2.02. The Morgan fingerprint density at radius 1 is 1.29 bits per heavy atom. The summed E-state index contributed by atoms with van der Waals surface area (Å²) >= 11 is 0. The van der Waals surface area contributed by atoms with Gasteiger partial charge in [0.15, 0.2) is 0 Å². The van der Waals surface area contributed by atoms with Crippen molar-refractivity contribution in [3.8, 4) is 0 Å². The summed E-state index contributed by atoms with van der Waals surface area (Å²) in [4.78, 5) is 2.40. The number of aromatic nitrogens is 3. The van der Waals surface area contributed by atoms with Crippen LogP contribution in [0.1, 0.15) is 11.6 Å². The first-order chi connectivity index (χ1) is 6.77. The standard InChI is InChI=1S/C9H17N5/c1-8-11-12-9(13(8)2)7-14-5-3-10-4-6-14/h10H,3-7H2,1-2H3. The minimum Gasteiger partial charge on any atom is -0.317 e. The summed E-state index contributed by atoms with van der Waals surface area (Å²) in [5, 5.41) is 11.5. The molecule has 0 aromatic carbocycles. The fourth-order valence-electron chi connectivity index (χ4n) is 1.66. The van der Waals surface area contributed by atoms with Gasteiger partial charge in [0.05, 0.1) is 6.54 Å². The smallest absolute Gasteiger partial charge is 0.146 e. The van der Waals surface area contributed by atoms with Gasteiger partial charge in [0.1, 0.15) is 11.6 Å². The predicted molar refractivity (Wildman–Crippen MR) is 53.9 cm³/mol. The molecular weight excluding hydrogens is 178 g/mol. The van der Waals surface area contributed by atoms with Crippen LogP contribution in [-0.2, 0) is 13.6 Å². The van der Waals surface area contributed by atoms with Crippen molar-refractivity contribution < 1.29 is 0 Å². The molecule has 0 aliphatic carbocycles.